The van der Waals surface area contributed by atoms with Crippen molar-refractivity contribution in [2.24, 2.45) is 0 Å². The van der Waals surface area contributed by atoms with Crippen LogP contribution >= 0.6 is 24.7 Å². The maximum Gasteiger partial charge on any atom is 0.00201 e. The Morgan fingerprint density at radius 3 is 2.58 bits per heavy atom. The summed E-state index contributed by atoms with van der Waals surface area (Å²) in [5, 5.41) is 6.27. The van der Waals surface area contributed by atoms with Gasteiger partial charge in [0.25, 0.3) is 0 Å². The Kier molecular flexibility index (Phi) is 2.37. The smallest absolute Gasteiger partial charge is 0.00201 e. The van der Waals surface area contributed by atoms with Crippen molar-refractivity contribution in [2.75, 3.05) is 6.66 Å². The van der Waals surface area contributed by atoms with Crippen LogP contribution in [-0.2, 0) is 0 Å². The van der Waals surface area contributed by atoms with E-state index in [1.54, 1.807) is 16.2 Å². The van der Waals surface area contributed by atoms with Crippen molar-refractivity contribution < 1.29 is 0 Å². The molecule has 4 unspecified atom stereocenters. The van der Waals surface area contributed by atoms with Crippen LogP contribution in [0.5, 0.6) is 0 Å². The number of hydrogen-bond donors (Lipinski definition) is 0. The Bertz CT molecular complexity index is 314. The third-order valence-electron chi connectivity index (χ3n) is 2.75. The van der Waals surface area contributed by atoms with Gasteiger partial charge in [0.15, 0.2) is 0 Å². The van der Waals surface area contributed by atoms with Gasteiger partial charge in [-0.1, -0.05) is 23.4 Å². The average Bonchev–Trinajstić information content (AvgIpc) is 2.40. The van der Waals surface area contributed by atoms with Crippen molar-refractivity contribution in [3.8, 4) is 0 Å². The number of hydrogen-bond acceptors (Lipinski definition) is 0. The topological polar surface area (TPSA) is 0 Å². The molecule has 0 spiro atoms. The first-order valence-electron chi connectivity index (χ1n) is 4.30. The van der Waals surface area contributed by atoms with Gasteiger partial charge in [-0.05, 0) is 41.7 Å². The fraction of sp³-hybridized carbons (Fsp3) is 0.556. The SMILES string of the molecule is Cc1[pH]c2c(c1C)P(C)C(C)P2. The summed E-state index contributed by atoms with van der Waals surface area (Å²) in [6.45, 7) is 9.52. The molecule has 3 heteroatoms. The van der Waals surface area contributed by atoms with Gasteiger partial charge in [0.05, 0.1) is 0 Å². The normalized spacial score (nSPS) is 30.3. The molecule has 1 aromatic rings. The van der Waals surface area contributed by atoms with Crippen LogP contribution in [0.2, 0.25) is 0 Å². The molecule has 12 heavy (non-hydrogen) atoms. The van der Waals surface area contributed by atoms with Crippen LogP contribution in [0.1, 0.15) is 17.8 Å². The van der Waals surface area contributed by atoms with Gasteiger partial charge >= 0.3 is 0 Å². The second-order valence-corrected chi connectivity index (χ2v) is 10.1. The molecule has 0 aromatic carbocycles. The van der Waals surface area contributed by atoms with E-state index in [2.05, 4.69) is 27.4 Å². The van der Waals surface area contributed by atoms with Crippen molar-refractivity contribution in [1.29, 1.82) is 0 Å². The van der Waals surface area contributed by atoms with Crippen LogP contribution in [0.15, 0.2) is 0 Å². The summed E-state index contributed by atoms with van der Waals surface area (Å²) in [6.07, 6.45) is 0. The van der Waals surface area contributed by atoms with E-state index in [0.29, 0.717) is 0 Å². The summed E-state index contributed by atoms with van der Waals surface area (Å²) < 4.78 is 0. The third-order valence-corrected chi connectivity index (χ3v) is 10.2. The van der Waals surface area contributed by atoms with E-state index < -0.39 is 0 Å². The van der Waals surface area contributed by atoms with Gasteiger partial charge in [-0.25, -0.2) is 0 Å². The lowest BCUT2D eigenvalue weighted by atomic mass is 10.3. The molecule has 0 radical (unpaired) electrons. The molecule has 0 aliphatic carbocycles. The van der Waals surface area contributed by atoms with Crippen molar-refractivity contribution in [2.45, 2.75) is 26.2 Å². The minimum atomic E-state index is 0.208. The zero-order valence-electron chi connectivity index (χ0n) is 8.02. The molecular formula is C9H15P3. The van der Waals surface area contributed by atoms with Crippen LogP contribution in [-0.4, -0.2) is 12.1 Å². The Morgan fingerprint density at radius 2 is 2.00 bits per heavy atom. The van der Waals surface area contributed by atoms with Gasteiger partial charge in [-0.3, -0.25) is 0 Å². The summed E-state index contributed by atoms with van der Waals surface area (Å²) in [5.74, 6) is 0. The molecule has 0 saturated carbocycles. The Morgan fingerprint density at radius 1 is 1.33 bits per heavy atom. The Balaban J connectivity index is 2.53. The standard InChI is InChI=1S/C9H15P3/c1-5-6(2)10-9-8(5)12(4)7(3)11-9/h7,10-11H,1-4H3. The molecule has 2 rings (SSSR count). The largest absolute Gasteiger partial charge is 0.128 e. The summed E-state index contributed by atoms with van der Waals surface area (Å²) in [6, 6.07) is 0. The molecule has 2 heterocycles. The molecule has 0 N–H and O–H groups in total. The van der Waals surface area contributed by atoms with Crippen LogP contribution in [0.4, 0.5) is 0 Å². The zero-order valence-corrected chi connectivity index (χ0v) is 10.9. The highest BCUT2D eigenvalue weighted by Crippen LogP contribution is 2.54. The molecule has 1 aromatic heterocycles. The first-order valence-corrected chi connectivity index (χ1v) is 8.23. The average molecular weight is 216 g/mol. The van der Waals surface area contributed by atoms with Gasteiger partial charge in [0.2, 0.25) is 0 Å². The number of fused-ring (bicyclic) bond motifs is 1. The van der Waals surface area contributed by atoms with E-state index in [9.17, 15) is 0 Å². The highest BCUT2D eigenvalue weighted by Gasteiger charge is 2.28. The van der Waals surface area contributed by atoms with Gasteiger partial charge in [-0.2, -0.15) is 0 Å². The molecule has 66 valence electrons. The molecule has 1 aliphatic rings. The van der Waals surface area contributed by atoms with Crippen LogP contribution in [0, 0.1) is 13.8 Å². The zero-order chi connectivity index (χ0) is 8.88. The first kappa shape index (κ1) is 9.21. The third kappa shape index (κ3) is 1.21. The monoisotopic (exact) mass is 216 g/mol. The lowest BCUT2D eigenvalue weighted by molar-refractivity contribution is 1.40. The van der Waals surface area contributed by atoms with Gasteiger partial charge in [-0.15, -0.1) is 8.19 Å². The molecule has 0 amide bonds. The second kappa shape index (κ2) is 3.09. The molecule has 4 atom stereocenters. The van der Waals surface area contributed by atoms with Crippen molar-refractivity contribution in [1.82, 2.24) is 0 Å². The van der Waals surface area contributed by atoms with E-state index in [0.717, 1.165) is 22.2 Å². The van der Waals surface area contributed by atoms with E-state index in [-0.39, 0.29) is 7.92 Å². The van der Waals surface area contributed by atoms with Crippen LogP contribution < -0.4 is 10.3 Å². The predicted molar refractivity (Wildman–Crippen MR) is 65.3 cm³/mol. The van der Waals surface area contributed by atoms with Crippen molar-refractivity contribution in [3.05, 3.63) is 10.9 Å². The van der Waals surface area contributed by atoms with Gasteiger partial charge in [0.1, 0.15) is 0 Å². The van der Waals surface area contributed by atoms with Crippen LogP contribution in [0.3, 0.4) is 0 Å². The highest BCUT2D eigenvalue weighted by atomic mass is 31.2. The van der Waals surface area contributed by atoms with E-state index >= 15 is 0 Å². The van der Waals surface area contributed by atoms with Gasteiger partial charge < -0.3 is 0 Å². The summed E-state index contributed by atoms with van der Waals surface area (Å²) >= 11 is 0. The first-order chi connectivity index (χ1) is 5.61. The quantitative estimate of drug-likeness (QED) is 0.585. The highest BCUT2D eigenvalue weighted by molar-refractivity contribution is 7.85. The second-order valence-electron chi connectivity index (χ2n) is 3.53. The van der Waals surface area contributed by atoms with Gasteiger partial charge in [0, 0.05) is 5.40 Å². The van der Waals surface area contributed by atoms with Crippen molar-refractivity contribution in [3.63, 3.8) is 0 Å². The fourth-order valence-corrected chi connectivity index (χ4v) is 9.86. The van der Waals surface area contributed by atoms with E-state index in [1.165, 1.54) is 0 Å². The predicted octanol–water partition coefficient (Wildman–Crippen LogP) is 2.74. The van der Waals surface area contributed by atoms with Crippen molar-refractivity contribution >= 4 is 35.0 Å². The minimum Gasteiger partial charge on any atom is -0.128 e. The summed E-state index contributed by atoms with van der Waals surface area (Å²) in [7, 11) is 2.41. The molecule has 1 aliphatic heterocycles. The molecule has 0 bridgehead atoms. The Labute approximate surface area is 79.2 Å². The molecule has 0 fully saturated rings. The Hall–Kier alpha value is 0.640. The maximum atomic E-state index is 2.46. The van der Waals surface area contributed by atoms with E-state index in [1.807, 2.05) is 5.04 Å². The maximum absolute atomic E-state index is 2.46. The number of rotatable bonds is 0. The molecule has 0 nitrogen and oxygen atoms in total. The lowest BCUT2D eigenvalue weighted by Crippen LogP contribution is -2.09. The fourth-order valence-electron chi connectivity index (χ4n) is 1.75. The minimum absolute atomic E-state index is 0.208. The summed E-state index contributed by atoms with van der Waals surface area (Å²) in [5.41, 5.74) is 1.65. The summed E-state index contributed by atoms with van der Waals surface area (Å²) in [4.78, 5) is 0. The lowest BCUT2D eigenvalue weighted by Gasteiger charge is -2.11. The number of aryl methyl sites for hydroxylation is 1. The molecule has 0 saturated heterocycles. The van der Waals surface area contributed by atoms with E-state index in [4.69, 9.17) is 0 Å². The van der Waals surface area contributed by atoms with Crippen LogP contribution in [0.25, 0.3) is 0 Å². The molecular weight excluding hydrogens is 201 g/mol.